The summed E-state index contributed by atoms with van der Waals surface area (Å²) in [4.78, 5) is 23.4. The second kappa shape index (κ2) is 11.6. The molecule has 1 unspecified atom stereocenters. The van der Waals surface area contributed by atoms with Crippen LogP contribution in [0.1, 0.15) is 20.3 Å². The van der Waals surface area contributed by atoms with Crippen LogP contribution in [0.4, 0.5) is 0 Å². The molecule has 0 saturated heterocycles. The number of aliphatic hydroxyl groups excluding tert-OH is 1. The second-order valence-electron chi connectivity index (χ2n) is 4.01. The zero-order valence-corrected chi connectivity index (χ0v) is 12.3. The van der Waals surface area contributed by atoms with Crippen molar-refractivity contribution in [3.63, 3.8) is 0 Å². The van der Waals surface area contributed by atoms with Crippen molar-refractivity contribution in [2.45, 2.75) is 26.4 Å². The Labute approximate surface area is 119 Å². The summed E-state index contributed by atoms with van der Waals surface area (Å²) >= 11 is 0. The molecule has 118 valence electrons. The van der Waals surface area contributed by atoms with Crippen LogP contribution < -0.4 is 0 Å². The number of aliphatic hydroxyl groups is 1. The summed E-state index contributed by atoms with van der Waals surface area (Å²) in [7, 11) is 1.54. The Morgan fingerprint density at radius 2 is 1.60 bits per heavy atom. The molecule has 20 heavy (non-hydrogen) atoms. The molecule has 0 spiro atoms. The summed E-state index contributed by atoms with van der Waals surface area (Å²) < 4.78 is 19.5. The van der Waals surface area contributed by atoms with E-state index in [-0.39, 0.29) is 26.2 Å². The topological polar surface area (TPSA) is 91.3 Å². The van der Waals surface area contributed by atoms with Crippen molar-refractivity contribution in [1.82, 2.24) is 0 Å². The van der Waals surface area contributed by atoms with E-state index in [1.807, 2.05) is 0 Å². The lowest BCUT2D eigenvalue weighted by atomic mass is 10.0. The molecule has 0 aliphatic carbocycles. The van der Waals surface area contributed by atoms with Gasteiger partial charge in [-0.2, -0.15) is 0 Å². The van der Waals surface area contributed by atoms with Crippen LogP contribution in [0.15, 0.2) is 0 Å². The molecule has 0 rings (SSSR count). The minimum absolute atomic E-state index is 0.0126. The largest absolute Gasteiger partial charge is 0.465 e. The average Bonchev–Trinajstić information content (AvgIpc) is 2.41. The van der Waals surface area contributed by atoms with E-state index in [1.165, 1.54) is 7.11 Å². The molecule has 0 aliphatic heterocycles. The van der Waals surface area contributed by atoms with Gasteiger partial charge in [0.1, 0.15) is 0 Å². The highest BCUT2D eigenvalue weighted by Crippen LogP contribution is 2.12. The fourth-order valence-electron chi connectivity index (χ4n) is 1.48. The fourth-order valence-corrected chi connectivity index (χ4v) is 1.48. The maximum absolute atomic E-state index is 11.7. The van der Waals surface area contributed by atoms with E-state index in [2.05, 4.69) is 0 Å². The number of methoxy groups -OCH3 is 1. The molecule has 1 atom stereocenters. The van der Waals surface area contributed by atoms with Crippen molar-refractivity contribution >= 4 is 11.9 Å². The monoisotopic (exact) mass is 292 g/mol. The molecule has 0 bridgehead atoms. The minimum atomic E-state index is -1.13. The number of hydrogen-bond acceptors (Lipinski definition) is 7. The Bertz CT molecular complexity index is 262. The third-order valence-corrected chi connectivity index (χ3v) is 2.39. The van der Waals surface area contributed by atoms with Gasteiger partial charge in [0.2, 0.25) is 0 Å². The van der Waals surface area contributed by atoms with Crippen molar-refractivity contribution < 1.29 is 33.6 Å². The summed E-state index contributed by atoms with van der Waals surface area (Å²) in [5.74, 6) is -2.51. The van der Waals surface area contributed by atoms with Gasteiger partial charge in [-0.15, -0.1) is 0 Å². The quantitative estimate of drug-likeness (QED) is 0.329. The summed E-state index contributed by atoms with van der Waals surface area (Å²) in [6.07, 6.45) is -1.05. The third-order valence-electron chi connectivity index (χ3n) is 2.39. The highest BCUT2D eigenvalue weighted by molar-refractivity contribution is 5.94. The first-order chi connectivity index (χ1) is 9.56. The van der Waals surface area contributed by atoms with Gasteiger partial charge >= 0.3 is 11.9 Å². The first-order valence-electron chi connectivity index (χ1n) is 6.64. The Kier molecular flexibility index (Phi) is 10.9. The van der Waals surface area contributed by atoms with E-state index < -0.39 is 24.0 Å². The molecule has 0 saturated carbocycles. The number of ether oxygens (including phenoxy) is 4. The Morgan fingerprint density at radius 3 is 2.05 bits per heavy atom. The fraction of sp³-hybridized carbons (Fsp3) is 0.846. The van der Waals surface area contributed by atoms with Crippen LogP contribution in [0.3, 0.4) is 0 Å². The molecule has 0 aromatic carbocycles. The smallest absolute Gasteiger partial charge is 0.320 e. The van der Waals surface area contributed by atoms with Crippen molar-refractivity contribution in [3.05, 3.63) is 0 Å². The van der Waals surface area contributed by atoms with E-state index in [0.29, 0.717) is 13.2 Å². The Hall–Kier alpha value is -1.18. The molecule has 7 heteroatoms. The molecule has 0 aromatic rings. The van der Waals surface area contributed by atoms with Gasteiger partial charge in [-0.05, 0) is 20.3 Å². The van der Waals surface area contributed by atoms with E-state index in [1.54, 1.807) is 13.8 Å². The van der Waals surface area contributed by atoms with E-state index >= 15 is 0 Å². The molecule has 0 radical (unpaired) electrons. The van der Waals surface area contributed by atoms with Crippen molar-refractivity contribution in [3.8, 4) is 0 Å². The van der Waals surface area contributed by atoms with Crippen LogP contribution in [-0.4, -0.2) is 63.3 Å². The summed E-state index contributed by atoms with van der Waals surface area (Å²) in [5.41, 5.74) is 0. The number of rotatable bonds is 11. The van der Waals surface area contributed by atoms with Crippen molar-refractivity contribution in [2.24, 2.45) is 5.92 Å². The highest BCUT2D eigenvalue weighted by Gasteiger charge is 2.31. The summed E-state index contributed by atoms with van der Waals surface area (Å²) in [6.45, 7) is 4.36. The molecule has 1 N–H and O–H groups in total. The average molecular weight is 292 g/mol. The van der Waals surface area contributed by atoms with Gasteiger partial charge in [-0.1, -0.05) is 0 Å². The van der Waals surface area contributed by atoms with Crippen LogP contribution in [-0.2, 0) is 28.5 Å². The normalized spacial score (nSPS) is 12.2. The van der Waals surface area contributed by atoms with Crippen LogP contribution >= 0.6 is 0 Å². The van der Waals surface area contributed by atoms with E-state index in [0.717, 1.165) is 0 Å². The maximum atomic E-state index is 11.7. The number of esters is 2. The van der Waals surface area contributed by atoms with E-state index in [4.69, 9.17) is 18.9 Å². The highest BCUT2D eigenvalue weighted by atomic mass is 16.6. The van der Waals surface area contributed by atoms with Gasteiger partial charge < -0.3 is 24.1 Å². The lowest BCUT2D eigenvalue weighted by Crippen LogP contribution is -2.33. The zero-order chi connectivity index (χ0) is 15.4. The second-order valence-corrected chi connectivity index (χ2v) is 4.01. The van der Waals surface area contributed by atoms with Gasteiger partial charge in [0.15, 0.2) is 5.92 Å². The molecular weight excluding hydrogens is 268 g/mol. The molecule has 0 amide bonds. The molecule has 0 aromatic heterocycles. The molecule has 7 nitrogen and oxygen atoms in total. The lowest BCUT2D eigenvalue weighted by molar-refractivity contribution is -0.163. The predicted octanol–water partition coefficient (Wildman–Crippen LogP) is 0.143. The molecule has 0 fully saturated rings. The summed E-state index contributed by atoms with van der Waals surface area (Å²) in [6, 6.07) is 0. The predicted molar refractivity (Wildman–Crippen MR) is 70.1 cm³/mol. The van der Waals surface area contributed by atoms with Crippen LogP contribution in [0.2, 0.25) is 0 Å². The maximum Gasteiger partial charge on any atom is 0.320 e. The van der Waals surface area contributed by atoms with Crippen LogP contribution in [0.25, 0.3) is 0 Å². The standard InChI is InChI=1S/C13H24O7/c1-4-19-12(15)11(13(16)20-5-2)8-10(14)9-18-7-6-17-3/h10-11,14H,4-9H2,1-3H3. The number of carbonyl (C=O) groups is 2. The van der Waals surface area contributed by atoms with Gasteiger partial charge in [-0.25, -0.2) is 0 Å². The van der Waals surface area contributed by atoms with Gasteiger partial charge in [0, 0.05) is 7.11 Å². The van der Waals surface area contributed by atoms with E-state index in [9.17, 15) is 14.7 Å². The Balaban J connectivity index is 4.32. The molecular formula is C13H24O7. The van der Waals surface area contributed by atoms with Crippen molar-refractivity contribution in [1.29, 1.82) is 0 Å². The SMILES string of the molecule is CCOC(=O)C(CC(O)COCCOC)C(=O)OCC. The summed E-state index contributed by atoms with van der Waals surface area (Å²) in [5, 5.41) is 9.77. The first-order valence-corrected chi connectivity index (χ1v) is 6.64. The number of hydrogen-bond donors (Lipinski definition) is 1. The third kappa shape index (κ3) is 8.08. The minimum Gasteiger partial charge on any atom is -0.465 e. The van der Waals surface area contributed by atoms with Gasteiger partial charge in [-0.3, -0.25) is 9.59 Å². The van der Waals surface area contributed by atoms with Crippen LogP contribution in [0.5, 0.6) is 0 Å². The molecule has 0 aliphatic rings. The molecule has 0 heterocycles. The first kappa shape index (κ1) is 18.8. The number of carbonyl (C=O) groups excluding carboxylic acids is 2. The van der Waals surface area contributed by atoms with Crippen molar-refractivity contribution in [2.75, 3.05) is 40.1 Å². The van der Waals surface area contributed by atoms with Crippen LogP contribution in [0, 0.1) is 5.92 Å². The lowest BCUT2D eigenvalue weighted by Gasteiger charge is -2.17. The zero-order valence-electron chi connectivity index (χ0n) is 12.3. The van der Waals surface area contributed by atoms with Gasteiger partial charge in [0.25, 0.3) is 0 Å². The Morgan fingerprint density at radius 1 is 1.05 bits per heavy atom. The van der Waals surface area contributed by atoms with Gasteiger partial charge in [0.05, 0.1) is 39.1 Å².